The van der Waals surface area contributed by atoms with E-state index in [0.717, 1.165) is 46.7 Å². The van der Waals surface area contributed by atoms with E-state index in [-0.39, 0.29) is 18.6 Å². The van der Waals surface area contributed by atoms with Gasteiger partial charge in [-0.2, -0.15) is 0 Å². The molecule has 1 atom stereocenters. The van der Waals surface area contributed by atoms with Crippen molar-refractivity contribution >= 4 is 34.4 Å². The Kier molecular flexibility index (Phi) is 4.38. The number of para-hydroxylation sites is 2. The van der Waals surface area contributed by atoms with Crippen LogP contribution < -0.4 is 0 Å². The van der Waals surface area contributed by atoms with E-state index in [2.05, 4.69) is 9.97 Å². The van der Waals surface area contributed by atoms with Crippen LogP contribution in [-0.4, -0.2) is 32.4 Å². The summed E-state index contributed by atoms with van der Waals surface area (Å²) in [5, 5.41) is 11.0. The Morgan fingerprint density at radius 3 is 3.12 bits per heavy atom. The second-order valence-electron chi connectivity index (χ2n) is 6.18. The van der Waals surface area contributed by atoms with Crippen LogP contribution in [0.5, 0.6) is 0 Å². The number of benzene rings is 1. The van der Waals surface area contributed by atoms with Gasteiger partial charge in [-0.25, -0.2) is 4.98 Å². The van der Waals surface area contributed by atoms with E-state index in [9.17, 15) is 4.79 Å². The standard InChI is InChI=1S/C19H19N3O2S/c23-11-13-10-14(25-12-13)7-8-18(24)22-9-3-6-17(22)19-20-15-4-1-2-5-16(15)21-19/h1-2,4-5,7-8,10,12,17,23H,3,6,9,11H2,(H,20,21). The smallest absolute Gasteiger partial charge is 0.247 e. The van der Waals surface area contributed by atoms with Crippen LogP contribution in [0.15, 0.2) is 41.8 Å². The number of imidazole rings is 1. The third kappa shape index (κ3) is 3.23. The first kappa shape index (κ1) is 16.1. The van der Waals surface area contributed by atoms with Crippen molar-refractivity contribution in [2.45, 2.75) is 25.5 Å². The summed E-state index contributed by atoms with van der Waals surface area (Å²) in [6, 6.07) is 9.82. The number of fused-ring (bicyclic) bond motifs is 1. The molecule has 1 aromatic carbocycles. The number of aliphatic hydroxyl groups is 1. The minimum Gasteiger partial charge on any atom is -0.392 e. The summed E-state index contributed by atoms with van der Waals surface area (Å²) in [4.78, 5) is 23.5. The third-order valence-corrected chi connectivity index (χ3v) is 5.45. The molecule has 0 bridgehead atoms. The number of thiophene rings is 1. The van der Waals surface area contributed by atoms with Crippen molar-refractivity contribution < 1.29 is 9.90 Å². The maximum Gasteiger partial charge on any atom is 0.247 e. The summed E-state index contributed by atoms with van der Waals surface area (Å²) in [6.07, 6.45) is 5.34. The van der Waals surface area contributed by atoms with Crippen molar-refractivity contribution in [2.75, 3.05) is 6.54 Å². The van der Waals surface area contributed by atoms with Gasteiger partial charge in [0.05, 0.1) is 23.7 Å². The minimum absolute atomic E-state index is 0.000823. The van der Waals surface area contributed by atoms with Gasteiger partial charge < -0.3 is 15.0 Å². The van der Waals surface area contributed by atoms with Crippen LogP contribution in [0.4, 0.5) is 0 Å². The Balaban J connectivity index is 1.53. The largest absolute Gasteiger partial charge is 0.392 e. The molecule has 0 saturated carbocycles. The summed E-state index contributed by atoms with van der Waals surface area (Å²) in [6.45, 7) is 0.774. The number of nitrogens with zero attached hydrogens (tertiary/aromatic N) is 2. The van der Waals surface area contributed by atoms with Crippen molar-refractivity contribution in [1.82, 2.24) is 14.9 Å². The Hall–Kier alpha value is -2.44. The Morgan fingerprint density at radius 2 is 2.32 bits per heavy atom. The van der Waals surface area contributed by atoms with E-state index < -0.39 is 0 Å². The first-order valence-corrected chi connectivity index (χ1v) is 9.24. The number of carbonyl (C=O) groups excluding carboxylic acids is 1. The summed E-state index contributed by atoms with van der Waals surface area (Å²) in [5.41, 5.74) is 2.81. The number of carbonyl (C=O) groups is 1. The molecule has 1 aliphatic heterocycles. The first-order chi connectivity index (χ1) is 12.2. The summed E-state index contributed by atoms with van der Waals surface area (Å²) >= 11 is 1.52. The molecule has 1 unspecified atom stereocenters. The van der Waals surface area contributed by atoms with Crippen molar-refractivity contribution in [2.24, 2.45) is 0 Å². The molecule has 4 rings (SSSR count). The zero-order valence-electron chi connectivity index (χ0n) is 13.7. The molecule has 1 saturated heterocycles. The maximum atomic E-state index is 12.6. The second-order valence-corrected chi connectivity index (χ2v) is 7.12. The molecule has 3 aromatic rings. The van der Waals surface area contributed by atoms with Crippen LogP contribution in [0, 0.1) is 0 Å². The topological polar surface area (TPSA) is 69.2 Å². The SMILES string of the molecule is O=C(C=Cc1cc(CO)cs1)N1CCCC1c1nc2ccccc2[nH]1. The monoisotopic (exact) mass is 353 g/mol. The number of rotatable bonds is 4. The average molecular weight is 353 g/mol. The van der Waals surface area contributed by atoms with Gasteiger partial charge in [0, 0.05) is 17.5 Å². The zero-order valence-corrected chi connectivity index (χ0v) is 14.5. The zero-order chi connectivity index (χ0) is 17.2. The molecular formula is C19H19N3O2S. The molecule has 0 aliphatic carbocycles. The van der Waals surface area contributed by atoms with Gasteiger partial charge in [0.25, 0.3) is 0 Å². The quantitative estimate of drug-likeness (QED) is 0.706. The molecule has 2 aromatic heterocycles. The lowest BCUT2D eigenvalue weighted by Gasteiger charge is -2.21. The fourth-order valence-electron chi connectivity index (χ4n) is 3.26. The lowest BCUT2D eigenvalue weighted by molar-refractivity contribution is -0.126. The van der Waals surface area contributed by atoms with E-state index in [1.807, 2.05) is 46.7 Å². The van der Waals surface area contributed by atoms with E-state index in [1.165, 1.54) is 11.3 Å². The number of aromatic amines is 1. The fourth-order valence-corrected chi connectivity index (χ4v) is 4.06. The van der Waals surface area contributed by atoms with Crippen molar-refractivity contribution in [3.8, 4) is 0 Å². The van der Waals surface area contributed by atoms with Crippen LogP contribution in [-0.2, 0) is 11.4 Å². The molecule has 1 amide bonds. The van der Waals surface area contributed by atoms with Gasteiger partial charge in [0.1, 0.15) is 5.82 Å². The number of amides is 1. The summed E-state index contributed by atoms with van der Waals surface area (Å²) < 4.78 is 0. The minimum atomic E-state index is 0.000823. The van der Waals surface area contributed by atoms with Gasteiger partial charge in [-0.1, -0.05) is 12.1 Å². The van der Waals surface area contributed by atoms with Gasteiger partial charge >= 0.3 is 0 Å². The number of H-pyrrole nitrogens is 1. The van der Waals surface area contributed by atoms with Crippen LogP contribution in [0.1, 0.15) is 35.1 Å². The third-order valence-electron chi connectivity index (χ3n) is 4.51. The van der Waals surface area contributed by atoms with Gasteiger partial charge in [-0.3, -0.25) is 4.79 Å². The Bertz CT molecular complexity index is 895. The van der Waals surface area contributed by atoms with E-state index >= 15 is 0 Å². The number of hydrogen-bond acceptors (Lipinski definition) is 4. The molecule has 0 radical (unpaired) electrons. The second kappa shape index (κ2) is 6.82. The molecule has 2 N–H and O–H groups in total. The highest BCUT2D eigenvalue weighted by Crippen LogP contribution is 2.31. The highest BCUT2D eigenvalue weighted by Gasteiger charge is 2.31. The molecule has 5 nitrogen and oxygen atoms in total. The van der Waals surface area contributed by atoms with Gasteiger partial charge in [-0.05, 0) is 48.1 Å². The average Bonchev–Trinajstić information content (AvgIpc) is 3.37. The number of hydrogen-bond donors (Lipinski definition) is 2. The fraction of sp³-hybridized carbons (Fsp3) is 0.263. The van der Waals surface area contributed by atoms with Gasteiger partial charge in [0.15, 0.2) is 0 Å². The maximum absolute atomic E-state index is 12.6. The molecule has 0 spiro atoms. The molecule has 1 fully saturated rings. The van der Waals surface area contributed by atoms with Crippen molar-refractivity contribution in [3.05, 3.63) is 58.1 Å². The Labute approximate surface area is 149 Å². The summed E-state index contributed by atoms with van der Waals surface area (Å²) in [7, 11) is 0. The molecule has 128 valence electrons. The lowest BCUT2D eigenvalue weighted by Crippen LogP contribution is -2.29. The highest BCUT2D eigenvalue weighted by molar-refractivity contribution is 7.11. The predicted octanol–water partition coefficient (Wildman–Crippen LogP) is 3.49. The van der Waals surface area contributed by atoms with Gasteiger partial charge in [0.2, 0.25) is 5.91 Å². The number of aromatic nitrogens is 2. The van der Waals surface area contributed by atoms with Crippen LogP contribution >= 0.6 is 11.3 Å². The number of aliphatic hydroxyl groups excluding tert-OH is 1. The van der Waals surface area contributed by atoms with E-state index in [0.29, 0.717) is 0 Å². The van der Waals surface area contributed by atoms with Crippen molar-refractivity contribution in [3.63, 3.8) is 0 Å². The molecule has 6 heteroatoms. The molecule has 3 heterocycles. The predicted molar refractivity (Wildman–Crippen MR) is 99.1 cm³/mol. The number of nitrogens with one attached hydrogen (secondary N) is 1. The van der Waals surface area contributed by atoms with Crippen LogP contribution in [0.3, 0.4) is 0 Å². The Morgan fingerprint density at radius 1 is 1.44 bits per heavy atom. The van der Waals surface area contributed by atoms with Crippen molar-refractivity contribution in [1.29, 1.82) is 0 Å². The van der Waals surface area contributed by atoms with E-state index in [4.69, 9.17) is 5.11 Å². The first-order valence-electron chi connectivity index (χ1n) is 8.36. The molecular weight excluding hydrogens is 334 g/mol. The number of likely N-dealkylation sites (tertiary alicyclic amines) is 1. The highest BCUT2D eigenvalue weighted by atomic mass is 32.1. The molecule has 25 heavy (non-hydrogen) atoms. The molecule has 1 aliphatic rings. The summed E-state index contributed by atoms with van der Waals surface area (Å²) in [5.74, 6) is 0.862. The normalized spacial score (nSPS) is 17.8. The van der Waals surface area contributed by atoms with E-state index in [1.54, 1.807) is 6.08 Å². The van der Waals surface area contributed by atoms with Crippen LogP contribution in [0.25, 0.3) is 17.1 Å². The van der Waals surface area contributed by atoms with Crippen LogP contribution in [0.2, 0.25) is 0 Å². The van der Waals surface area contributed by atoms with Gasteiger partial charge in [-0.15, -0.1) is 11.3 Å². The lowest BCUT2D eigenvalue weighted by atomic mass is 10.2.